The summed E-state index contributed by atoms with van der Waals surface area (Å²) in [6.45, 7) is 13.0. The standard InChI is InChI=1S/C19H31N5O/c1-4-22-7-5-17(6-8-22)13-18(25)23-9-11-24(12-10-23)19-15(2)16(3)20-14-21-19/h14,17H,4-13H2,1-3H3. The predicted molar refractivity (Wildman–Crippen MR) is 99.8 cm³/mol. The Morgan fingerprint density at radius 2 is 1.76 bits per heavy atom. The van der Waals surface area contributed by atoms with Crippen LogP contribution >= 0.6 is 0 Å². The molecule has 25 heavy (non-hydrogen) atoms. The smallest absolute Gasteiger partial charge is 0.222 e. The molecule has 3 heterocycles. The number of hydrogen-bond donors (Lipinski definition) is 0. The number of likely N-dealkylation sites (tertiary alicyclic amines) is 1. The topological polar surface area (TPSA) is 52.6 Å². The highest BCUT2D eigenvalue weighted by Gasteiger charge is 2.26. The molecule has 1 aromatic heterocycles. The van der Waals surface area contributed by atoms with Gasteiger partial charge in [-0.1, -0.05) is 6.92 Å². The second-order valence-electron chi connectivity index (χ2n) is 7.36. The average Bonchev–Trinajstić information content (AvgIpc) is 2.65. The molecule has 2 aliphatic heterocycles. The number of rotatable bonds is 4. The van der Waals surface area contributed by atoms with E-state index in [-0.39, 0.29) is 0 Å². The number of hydrogen-bond acceptors (Lipinski definition) is 5. The minimum atomic E-state index is 0.338. The molecule has 2 fully saturated rings. The number of nitrogens with zero attached hydrogens (tertiary/aromatic N) is 5. The molecule has 1 aromatic rings. The van der Waals surface area contributed by atoms with E-state index in [2.05, 4.69) is 33.6 Å². The normalized spacial score (nSPS) is 20.1. The number of carbonyl (C=O) groups is 1. The van der Waals surface area contributed by atoms with Crippen molar-refractivity contribution in [2.24, 2.45) is 5.92 Å². The number of aryl methyl sites for hydroxylation is 1. The molecular formula is C19H31N5O. The van der Waals surface area contributed by atoms with Crippen LogP contribution in [0.15, 0.2) is 6.33 Å². The monoisotopic (exact) mass is 345 g/mol. The maximum Gasteiger partial charge on any atom is 0.222 e. The SMILES string of the molecule is CCN1CCC(CC(=O)N2CCN(c3ncnc(C)c3C)CC2)CC1. The summed E-state index contributed by atoms with van der Waals surface area (Å²) in [4.78, 5) is 28.2. The van der Waals surface area contributed by atoms with Crippen molar-refractivity contribution >= 4 is 11.7 Å². The lowest BCUT2D eigenvalue weighted by Gasteiger charge is -2.37. The Morgan fingerprint density at radius 1 is 1.08 bits per heavy atom. The lowest BCUT2D eigenvalue weighted by Crippen LogP contribution is -2.49. The van der Waals surface area contributed by atoms with Crippen molar-refractivity contribution in [3.63, 3.8) is 0 Å². The number of carbonyl (C=O) groups excluding carboxylic acids is 1. The summed E-state index contributed by atoms with van der Waals surface area (Å²) in [6, 6.07) is 0. The van der Waals surface area contributed by atoms with Gasteiger partial charge in [0.2, 0.25) is 5.91 Å². The van der Waals surface area contributed by atoms with E-state index in [0.717, 1.165) is 69.3 Å². The van der Waals surface area contributed by atoms with Crippen molar-refractivity contribution in [2.45, 2.75) is 40.0 Å². The summed E-state index contributed by atoms with van der Waals surface area (Å²) in [5.74, 6) is 1.93. The average molecular weight is 345 g/mol. The molecule has 2 aliphatic rings. The molecule has 6 nitrogen and oxygen atoms in total. The van der Waals surface area contributed by atoms with Gasteiger partial charge in [-0.15, -0.1) is 0 Å². The summed E-state index contributed by atoms with van der Waals surface area (Å²) in [6.07, 6.45) is 4.69. The lowest BCUT2D eigenvalue weighted by atomic mass is 9.93. The van der Waals surface area contributed by atoms with Gasteiger partial charge in [0.05, 0.1) is 0 Å². The zero-order valence-corrected chi connectivity index (χ0v) is 15.9. The lowest BCUT2D eigenvalue weighted by molar-refractivity contribution is -0.132. The summed E-state index contributed by atoms with van der Waals surface area (Å²) in [5.41, 5.74) is 2.17. The summed E-state index contributed by atoms with van der Waals surface area (Å²) in [7, 11) is 0. The van der Waals surface area contributed by atoms with Gasteiger partial charge in [-0.25, -0.2) is 9.97 Å². The van der Waals surface area contributed by atoms with Crippen molar-refractivity contribution in [3.8, 4) is 0 Å². The highest BCUT2D eigenvalue weighted by molar-refractivity contribution is 5.76. The molecule has 2 saturated heterocycles. The molecule has 0 unspecified atom stereocenters. The van der Waals surface area contributed by atoms with Crippen molar-refractivity contribution < 1.29 is 4.79 Å². The first kappa shape index (κ1) is 18.1. The third kappa shape index (κ3) is 4.29. The maximum atomic E-state index is 12.6. The molecule has 0 N–H and O–H groups in total. The predicted octanol–water partition coefficient (Wildman–Crippen LogP) is 1.86. The van der Waals surface area contributed by atoms with Crippen LogP contribution in [0, 0.1) is 19.8 Å². The number of aromatic nitrogens is 2. The van der Waals surface area contributed by atoms with E-state index in [1.165, 1.54) is 12.8 Å². The molecule has 0 bridgehead atoms. The van der Waals surface area contributed by atoms with Gasteiger partial charge in [0.15, 0.2) is 0 Å². The van der Waals surface area contributed by atoms with E-state index in [9.17, 15) is 4.79 Å². The minimum absolute atomic E-state index is 0.338. The number of piperidine rings is 1. The van der Waals surface area contributed by atoms with Crippen LogP contribution in [-0.2, 0) is 4.79 Å². The minimum Gasteiger partial charge on any atom is -0.353 e. The van der Waals surface area contributed by atoms with Crippen molar-refractivity contribution in [1.29, 1.82) is 0 Å². The fourth-order valence-corrected chi connectivity index (χ4v) is 3.89. The van der Waals surface area contributed by atoms with Gasteiger partial charge in [-0.05, 0) is 52.2 Å². The number of piperazine rings is 1. The Bertz CT molecular complexity index is 589. The summed E-state index contributed by atoms with van der Waals surface area (Å²) >= 11 is 0. The first-order valence-corrected chi connectivity index (χ1v) is 9.61. The van der Waals surface area contributed by atoms with Gasteiger partial charge >= 0.3 is 0 Å². The highest BCUT2D eigenvalue weighted by Crippen LogP contribution is 2.23. The van der Waals surface area contributed by atoms with Gasteiger partial charge in [0.1, 0.15) is 12.1 Å². The van der Waals surface area contributed by atoms with Crippen LogP contribution in [0.25, 0.3) is 0 Å². The van der Waals surface area contributed by atoms with E-state index < -0.39 is 0 Å². The Morgan fingerprint density at radius 3 is 2.40 bits per heavy atom. The van der Waals surface area contributed by atoms with Crippen molar-refractivity contribution in [2.75, 3.05) is 50.7 Å². The number of anilines is 1. The van der Waals surface area contributed by atoms with Crippen LogP contribution in [0.4, 0.5) is 5.82 Å². The Balaban J connectivity index is 1.49. The second-order valence-corrected chi connectivity index (χ2v) is 7.36. The number of amides is 1. The zero-order valence-electron chi connectivity index (χ0n) is 15.9. The molecule has 0 spiro atoms. The Kier molecular flexibility index (Phi) is 5.89. The molecule has 138 valence electrons. The fraction of sp³-hybridized carbons (Fsp3) is 0.737. The third-order valence-electron chi connectivity index (χ3n) is 5.86. The first-order chi connectivity index (χ1) is 12.1. The Hall–Kier alpha value is -1.69. The summed E-state index contributed by atoms with van der Waals surface area (Å²) < 4.78 is 0. The molecular weight excluding hydrogens is 314 g/mol. The fourth-order valence-electron chi connectivity index (χ4n) is 3.89. The molecule has 1 amide bonds. The van der Waals surface area contributed by atoms with Crippen LogP contribution in [0.1, 0.15) is 37.4 Å². The third-order valence-corrected chi connectivity index (χ3v) is 5.86. The van der Waals surface area contributed by atoms with Crippen molar-refractivity contribution in [3.05, 3.63) is 17.6 Å². The van der Waals surface area contributed by atoms with E-state index in [1.54, 1.807) is 6.33 Å². The van der Waals surface area contributed by atoms with E-state index >= 15 is 0 Å². The van der Waals surface area contributed by atoms with Gasteiger partial charge in [-0.3, -0.25) is 4.79 Å². The molecule has 6 heteroatoms. The van der Waals surface area contributed by atoms with Gasteiger partial charge < -0.3 is 14.7 Å². The largest absolute Gasteiger partial charge is 0.353 e. The second kappa shape index (κ2) is 8.13. The first-order valence-electron chi connectivity index (χ1n) is 9.61. The van der Waals surface area contributed by atoms with Crippen LogP contribution < -0.4 is 4.90 Å². The van der Waals surface area contributed by atoms with Crippen molar-refractivity contribution in [1.82, 2.24) is 19.8 Å². The van der Waals surface area contributed by atoms with Crippen LogP contribution in [0.3, 0.4) is 0 Å². The molecule has 0 aliphatic carbocycles. The van der Waals surface area contributed by atoms with Gasteiger partial charge in [-0.2, -0.15) is 0 Å². The molecule has 3 rings (SSSR count). The molecule has 0 atom stereocenters. The van der Waals surface area contributed by atoms with Gasteiger partial charge in [0.25, 0.3) is 0 Å². The van der Waals surface area contributed by atoms with Gasteiger partial charge in [0, 0.05) is 43.9 Å². The zero-order chi connectivity index (χ0) is 17.8. The van der Waals surface area contributed by atoms with E-state index in [1.807, 2.05) is 11.8 Å². The maximum absolute atomic E-state index is 12.6. The molecule has 0 aromatic carbocycles. The summed E-state index contributed by atoms with van der Waals surface area (Å²) in [5, 5.41) is 0. The van der Waals surface area contributed by atoms with E-state index in [0.29, 0.717) is 11.8 Å². The quantitative estimate of drug-likeness (QED) is 0.834. The van der Waals surface area contributed by atoms with Crippen LogP contribution in [-0.4, -0.2) is 71.5 Å². The highest BCUT2D eigenvalue weighted by atomic mass is 16.2. The molecule has 0 radical (unpaired) electrons. The van der Waals surface area contributed by atoms with E-state index in [4.69, 9.17) is 0 Å². The molecule has 0 saturated carbocycles. The Labute approximate surface area is 151 Å². The van der Waals surface area contributed by atoms with Crippen LogP contribution in [0.2, 0.25) is 0 Å². The van der Waals surface area contributed by atoms with Crippen LogP contribution in [0.5, 0.6) is 0 Å².